The maximum absolute atomic E-state index is 13.2. The number of methoxy groups -OCH3 is 1. The maximum Gasteiger partial charge on any atom is 0.274 e. The quantitative estimate of drug-likeness (QED) is 0.293. The van der Waals surface area contributed by atoms with Crippen molar-refractivity contribution in [1.29, 1.82) is 0 Å². The molecule has 0 saturated heterocycles. The molecule has 0 unspecified atom stereocenters. The van der Waals surface area contributed by atoms with E-state index in [4.69, 9.17) is 9.47 Å². The zero-order valence-electron chi connectivity index (χ0n) is 20.3. The molecule has 2 N–H and O–H groups in total. The van der Waals surface area contributed by atoms with Crippen LogP contribution in [-0.4, -0.2) is 52.4 Å². The molecule has 0 aliphatic heterocycles. The number of nitrogens with one attached hydrogen (secondary N) is 2. The van der Waals surface area contributed by atoms with E-state index in [1.165, 1.54) is 11.1 Å². The van der Waals surface area contributed by atoms with Crippen LogP contribution in [0.4, 0.5) is 5.69 Å². The molecule has 3 heterocycles. The van der Waals surface area contributed by atoms with Gasteiger partial charge in [0.2, 0.25) is 0 Å². The number of fused-ring (bicyclic) bond motifs is 2. The molecule has 0 aliphatic rings. The second kappa shape index (κ2) is 10.6. The monoisotopic (exact) mass is 484 g/mol. The number of pyridine rings is 1. The highest BCUT2D eigenvalue weighted by Crippen LogP contribution is 2.25. The lowest BCUT2D eigenvalue weighted by Crippen LogP contribution is -2.14. The molecule has 9 nitrogen and oxygen atoms in total. The largest absolute Gasteiger partial charge is 0.491 e. The summed E-state index contributed by atoms with van der Waals surface area (Å²) >= 11 is 0. The van der Waals surface area contributed by atoms with Crippen molar-refractivity contribution >= 4 is 28.1 Å². The normalized spacial score (nSPS) is 11.3. The zero-order chi connectivity index (χ0) is 24.9. The molecular formula is C27H28N6O3. The molecule has 36 heavy (non-hydrogen) atoms. The van der Waals surface area contributed by atoms with Gasteiger partial charge in [-0.05, 0) is 36.4 Å². The second-order valence-electron chi connectivity index (χ2n) is 8.42. The Hall–Kier alpha value is -4.21. The Morgan fingerprint density at radius 3 is 2.75 bits per heavy atom. The highest BCUT2D eigenvalue weighted by atomic mass is 16.5. The number of aromatic nitrogens is 4. The Balaban J connectivity index is 1.35. The average Bonchev–Trinajstić information content (AvgIpc) is 3.49. The number of imidazole rings is 1. The Kier molecular flexibility index (Phi) is 6.92. The van der Waals surface area contributed by atoms with E-state index in [2.05, 4.69) is 45.0 Å². The van der Waals surface area contributed by atoms with Gasteiger partial charge in [-0.1, -0.05) is 30.3 Å². The molecule has 0 spiro atoms. The lowest BCUT2D eigenvalue weighted by atomic mass is 10.1. The highest BCUT2D eigenvalue weighted by Gasteiger charge is 2.15. The van der Waals surface area contributed by atoms with Gasteiger partial charge in [-0.2, -0.15) is 5.10 Å². The van der Waals surface area contributed by atoms with E-state index in [0.29, 0.717) is 42.5 Å². The maximum atomic E-state index is 13.2. The summed E-state index contributed by atoms with van der Waals surface area (Å²) in [7, 11) is 3.56. The molecule has 5 rings (SSSR count). The molecule has 0 fully saturated rings. The van der Waals surface area contributed by atoms with Crippen molar-refractivity contribution in [3.8, 4) is 5.75 Å². The van der Waals surface area contributed by atoms with Gasteiger partial charge in [0.25, 0.3) is 5.91 Å². The Bertz CT molecular complexity index is 1510. The SMILES string of the molecule is CNCc1cccc(Cn2ncc3c(NC(=O)c4cnc5cc(OCCOC)ccn45)cccc32)c1. The van der Waals surface area contributed by atoms with Crippen molar-refractivity contribution in [2.45, 2.75) is 13.1 Å². The van der Waals surface area contributed by atoms with Crippen molar-refractivity contribution in [1.82, 2.24) is 24.5 Å². The summed E-state index contributed by atoms with van der Waals surface area (Å²) in [5.74, 6) is 0.418. The van der Waals surface area contributed by atoms with Gasteiger partial charge in [-0.15, -0.1) is 0 Å². The van der Waals surface area contributed by atoms with E-state index in [1.807, 2.05) is 29.9 Å². The zero-order valence-corrected chi connectivity index (χ0v) is 20.3. The van der Waals surface area contributed by atoms with Gasteiger partial charge in [0.1, 0.15) is 23.7 Å². The molecule has 0 bridgehead atoms. The number of amides is 1. The fraction of sp³-hybridized carbons (Fsp3) is 0.222. The minimum atomic E-state index is -0.254. The van der Waals surface area contributed by atoms with Gasteiger partial charge in [0.05, 0.1) is 36.7 Å². The van der Waals surface area contributed by atoms with Crippen molar-refractivity contribution in [3.05, 3.63) is 90.0 Å². The summed E-state index contributed by atoms with van der Waals surface area (Å²) in [6, 6.07) is 17.8. The van der Waals surface area contributed by atoms with Gasteiger partial charge in [0.15, 0.2) is 0 Å². The molecule has 2 aromatic carbocycles. The minimum Gasteiger partial charge on any atom is -0.491 e. The number of anilines is 1. The third-order valence-corrected chi connectivity index (χ3v) is 5.91. The molecule has 0 aliphatic carbocycles. The lowest BCUT2D eigenvalue weighted by molar-refractivity contribution is 0.102. The second-order valence-corrected chi connectivity index (χ2v) is 8.42. The van der Waals surface area contributed by atoms with Crippen molar-refractivity contribution in [3.63, 3.8) is 0 Å². The number of hydrogen-bond donors (Lipinski definition) is 2. The van der Waals surface area contributed by atoms with Crippen LogP contribution in [0.5, 0.6) is 5.75 Å². The van der Waals surface area contributed by atoms with Crippen LogP contribution in [0.15, 0.2) is 73.2 Å². The Morgan fingerprint density at radius 1 is 1.03 bits per heavy atom. The first-order valence-electron chi connectivity index (χ1n) is 11.7. The number of benzene rings is 2. The van der Waals surface area contributed by atoms with Crippen LogP contribution in [0.3, 0.4) is 0 Å². The smallest absolute Gasteiger partial charge is 0.274 e. The molecule has 9 heteroatoms. The van der Waals surface area contributed by atoms with Crippen LogP contribution in [0.2, 0.25) is 0 Å². The predicted octanol–water partition coefficient (Wildman–Crippen LogP) is 3.73. The minimum absolute atomic E-state index is 0.254. The molecule has 3 aromatic heterocycles. The van der Waals surface area contributed by atoms with E-state index in [1.54, 1.807) is 42.2 Å². The van der Waals surface area contributed by atoms with Gasteiger partial charge in [0, 0.05) is 31.3 Å². The highest BCUT2D eigenvalue weighted by molar-refractivity contribution is 6.08. The van der Waals surface area contributed by atoms with Crippen molar-refractivity contribution < 1.29 is 14.3 Å². The average molecular weight is 485 g/mol. The van der Waals surface area contributed by atoms with Crippen LogP contribution in [0.1, 0.15) is 21.6 Å². The van der Waals surface area contributed by atoms with Gasteiger partial charge < -0.3 is 20.1 Å². The van der Waals surface area contributed by atoms with E-state index in [-0.39, 0.29) is 5.91 Å². The molecule has 184 valence electrons. The summed E-state index contributed by atoms with van der Waals surface area (Å²) in [5.41, 5.74) is 5.09. The van der Waals surface area contributed by atoms with E-state index in [9.17, 15) is 4.79 Å². The molecule has 0 saturated carbocycles. The summed E-state index contributed by atoms with van der Waals surface area (Å²) in [5, 5.41) is 11.7. The fourth-order valence-corrected chi connectivity index (χ4v) is 4.20. The molecule has 1 amide bonds. The van der Waals surface area contributed by atoms with E-state index < -0.39 is 0 Å². The summed E-state index contributed by atoms with van der Waals surface area (Å²) in [6.07, 6.45) is 5.13. The van der Waals surface area contributed by atoms with Crippen LogP contribution in [0.25, 0.3) is 16.6 Å². The summed E-state index contributed by atoms with van der Waals surface area (Å²) in [4.78, 5) is 17.5. The topological polar surface area (TPSA) is 94.7 Å². The third kappa shape index (κ3) is 4.93. The number of nitrogens with zero attached hydrogens (tertiary/aromatic N) is 4. The fourth-order valence-electron chi connectivity index (χ4n) is 4.20. The van der Waals surface area contributed by atoms with Crippen molar-refractivity contribution in [2.24, 2.45) is 0 Å². The number of carbonyl (C=O) groups excluding carboxylic acids is 1. The van der Waals surface area contributed by atoms with Crippen molar-refractivity contribution in [2.75, 3.05) is 32.7 Å². The summed E-state index contributed by atoms with van der Waals surface area (Å²) < 4.78 is 14.3. The van der Waals surface area contributed by atoms with Gasteiger partial charge in [-0.25, -0.2) is 4.98 Å². The van der Waals surface area contributed by atoms with Crippen LogP contribution in [-0.2, 0) is 17.8 Å². The van der Waals surface area contributed by atoms with Gasteiger partial charge in [-0.3, -0.25) is 13.9 Å². The predicted molar refractivity (Wildman–Crippen MR) is 139 cm³/mol. The Morgan fingerprint density at radius 2 is 1.89 bits per heavy atom. The van der Waals surface area contributed by atoms with Crippen LogP contribution in [0, 0.1) is 0 Å². The first kappa shape index (κ1) is 23.5. The summed E-state index contributed by atoms with van der Waals surface area (Å²) in [6.45, 7) is 2.40. The van der Waals surface area contributed by atoms with E-state index in [0.717, 1.165) is 17.4 Å². The van der Waals surface area contributed by atoms with E-state index >= 15 is 0 Å². The third-order valence-electron chi connectivity index (χ3n) is 5.91. The van der Waals surface area contributed by atoms with Crippen LogP contribution >= 0.6 is 0 Å². The number of hydrogen-bond acceptors (Lipinski definition) is 6. The first-order valence-corrected chi connectivity index (χ1v) is 11.7. The first-order chi connectivity index (χ1) is 17.7. The molecule has 5 aromatic rings. The number of rotatable bonds is 10. The lowest BCUT2D eigenvalue weighted by Gasteiger charge is -2.09. The number of ether oxygens (including phenoxy) is 2. The van der Waals surface area contributed by atoms with Gasteiger partial charge >= 0.3 is 0 Å². The molecule has 0 radical (unpaired) electrons. The molecule has 0 atom stereocenters. The van der Waals surface area contributed by atoms with Crippen LogP contribution < -0.4 is 15.4 Å². The molecular weight excluding hydrogens is 456 g/mol. The Labute approximate surface area is 208 Å². The number of carbonyl (C=O) groups is 1. The standard InChI is InChI=1S/C27H28N6O3/c1-28-15-19-5-3-6-20(13-19)18-33-24-8-4-7-23(22(24)16-30-33)31-27(34)25-17-29-26-14-21(9-10-32(25)26)36-12-11-35-2/h3-10,13-14,16-17,28H,11-12,15,18H2,1-2H3,(H,31,34).